The predicted octanol–water partition coefficient (Wildman–Crippen LogP) is 3.50. The predicted molar refractivity (Wildman–Crippen MR) is 79.1 cm³/mol. The van der Waals surface area contributed by atoms with Gasteiger partial charge >= 0.3 is 0 Å². The first-order chi connectivity index (χ1) is 9.52. The van der Waals surface area contributed by atoms with Crippen LogP contribution in [0.2, 0.25) is 5.02 Å². The van der Waals surface area contributed by atoms with Crippen LogP contribution in [0.15, 0.2) is 24.3 Å². The van der Waals surface area contributed by atoms with Gasteiger partial charge in [0.25, 0.3) is 0 Å². The molecule has 1 atom stereocenters. The van der Waals surface area contributed by atoms with Gasteiger partial charge in [0.15, 0.2) is 0 Å². The third-order valence-electron chi connectivity index (χ3n) is 3.17. The molecule has 0 fully saturated rings. The van der Waals surface area contributed by atoms with Gasteiger partial charge in [-0.05, 0) is 38.5 Å². The lowest BCUT2D eigenvalue weighted by Gasteiger charge is -2.10. The molecule has 0 saturated heterocycles. The maximum absolute atomic E-state index is 9.57. The van der Waals surface area contributed by atoms with E-state index in [9.17, 15) is 5.11 Å². The molecule has 5 heteroatoms. The Bertz CT molecular complexity index is 594. The zero-order chi connectivity index (χ0) is 14.7. The van der Waals surface area contributed by atoms with Crippen LogP contribution in [-0.4, -0.2) is 14.9 Å². The van der Waals surface area contributed by atoms with Crippen LogP contribution >= 0.6 is 11.6 Å². The summed E-state index contributed by atoms with van der Waals surface area (Å²) in [7, 11) is 0. The normalized spacial score (nSPS) is 12.4. The minimum absolute atomic E-state index is 0.358. The first-order valence-corrected chi connectivity index (χ1v) is 7.03. The summed E-state index contributed by atoms with van der Waals surface area (Å²) in [4.78, 5) is 0. The summed E-state index contributed by atoms with van der Waals surface area (Å²) in [6, 6.07) is 7.42. The molecule has 4 nitrogen and oxygen atoms in total. The van der Waals surface area contributed by atoms with Gasteiger partial charge in [-0.1, -0.05) is 23.7 Å². The van der Waals surface area contributed by atoms with E-state index in [0.29, 0.717) is 17.4 Å². The van der Waals surface area contributed by atoms with Crippen LogP contribution in [-0.2, 0) is 13.2 Å². The zero-order valence-electron chi connectivity index (χ0n) is 11.9. The highest BCUT2D eigenvalue weighted by Gasteiger charge is 2.13. The van der Waals surface area contributed by atoms with Crippen molar-refractivity contribution in [2.75, 3.05) is 0 Å². The number of hydrogen-bond acceptors (Lipinski definition) is 3. The Morgan fingerprint density at radius 1 is 1.45 bits per heavy atom. The van der Waals surface area contributed by atoms with Crippen molar-refractivity contribution in [2.45, 2.75) is 40.0 Å². The molecule has 0 aliphatic carbocycles. The molecule has 0 bridgehead atoms. The smallest absolute Gasteiger partial charge is 0.131 e. The summed E-state index contributed by atoms with van der Waals surface area (Å²) in [5.41, 5.74) is 2.51. The molecule has 20 heavy (non-hydrogen) atoms. The van der Waals surface area contributed by atoms with Crippen LogP contribution in [0, 0.1) is 6.92 Å². The average molecular weight is 295 g/mol. The van der Waals surface area contributed by atoms with E-state index in [1.807, 2.05) is 42.8 Å². The van der Waals surface area contributed by atoms with E-state index < -0.39 is 6.10 Å². The lowest BCUT2D eigenvalue weighted by molar-refractivity contribution is 0.198. The fourth-order valence-corrected chi connectivity index (χ4v) is 2.21. The van der Waals surface area contributed by atoms with E-state index in [2.05, 4.69) is 5.10 Å². The largest absolute Gasteiger partial charge is 0.487 e. The minimum atomic E-state index is -0.509. The first-order valence-electron chi connectivity index (χ1n) is 6.65. The van der Waals surface area contributed by atoms with Crippen molar-refractivity contribution < 1.29 is 9.84 Å². The van der Waals surface area contributed by atoms with Crippen LogP contribution in [0.1, 0.15) is 36.9 Å². The molecule has 1 N–H and O–H groups in total. The Morgan fingerprint density at radius 2 is 2.20 bits per heavy atom. The number of aliphatic hydroxyl groups excluding tert-OH is 1. The summed E-state index contributed by atoms with van der Waals surface area (Å²) in [5, 5.41) is 14.6. The number of hydrogen-bond donors (Lipinski definition) is 1. The number of ether oxygens (including phenoxy) is 1. The fraction of sp³-hybridized carbons (Fsp3) is 0.400. The topological polar surface area (TPSA) is 47.3 Å². The minimum Gasteiger partial charge on any atom is -0.487 e. The van der Waals surface area contributed by atoms with Gasteiger partial charge in [0.05, 0.1) is 22.5 Å². The van der Waals surface area contributed by atoms with Gasteiger partial charge in [-0.2, -0.15) is 5.10 Å². The molecule has 1 unspecified atom stereocenters. The van der Waals surface area contributed by atoms with Crippen molar-refractivity contribution in [1.29, 1.82) is 0 Å². The molecule has 0 amide bonds. The summed E-state index contributed by atoms with van der Waals surface area (Å²) in [5.74, 6) is 0.709. The van der Waals surface area contributed by atoms with Gasteiger partial charge in [0, 0.05) is 6.54 Å². The third kappa shape index (κ3) is 3.14. The third-order valence-corrected chi connectivity index (χ3v) is 3.66. The van der Waals surface area contributed by atoms with E-state index >= 15 is 0 Å². The van der Waals surface area contributed by atoms with Crippen LogP contribution in [0.5, 0.6) is 5.75 Å². The molecule has 0 aliphatic rings. The highest BCUT2D eigenvalue weighted by molar-refractivity contribution is 6.31. The van der Waals surface area contributed by atoms with E-state index in [0.717, 1.165) is 23.5 Å². The number of halogens is 1. The molecule has 1 aromatic carbocycles. The van der Waals surface area contributed by atoms with Crippen LogP contribution < -0.4 is 4.74 Å². The molecule has 0 aliphatic heterocycles. The highest BCUT2D eigenvalue weighted by Crippen LogP contribution is 2.24. The van der Waals surface area contributed by atoms with Gasteiger partial charge in [0.1, 0.15) is 12.4 Å². The lowest BCUT2D eigenvalue weighted by Crippen LogP contribution is -2.06. The Balaban J connectivity index is 2.15. The maximum atomic E-state index is 9.57. The standard InChI is InChI=1S/C15H19ClN2O2/c1-4-18-14(15(16)10(2)17-18)9-20-13-7-5-6-12(8-13)11(3)19/h5-8,11,19H,4,9H2,1-3H3. The van der Waals surface area contributed by atoms with Gasteiger partial charge in [0.2, 0.25) is 0 Å². The second kappa shape index (κ2) is 6.29. The zero-order valence-corrected chi connectivity index (χ0v) is 12.7. The summed E-state index contributed by atoms with van der Waals surface area (Å²) in [6.07, 6.45) is -0.509. The molecule has 0 spiro atoms. The van der Waals surface area contributed by atoms with Crippen molar-refractivity contribution >= 4 is 11.6 Å². The summed E-state index contributed by atoms with van der Waals surface area (Å²) < 4.78 is 7.61. The molecular weight excluding hydrogens is 276 g/mol. The van der Waals surface area contributed by atoms with Crippen molar-refractivity contribution in [3.8, 4) is 5.75 Å². The highest BCUT2D eigenvalue weighted by atomic mass is 35.5. The van der Waals surface area contributed by atoms with Crippen molar-refractivity contribution in [1.82, 2.24) is 9.78 Å². The van der Waals surface area contributed by atoms with E-state index in [1.54, 1.807) is 6.92 Å². The van der Waals surface area contributed by atoms with Crippen LogP contribution in [0.3, 0.4) is 0 Å². The number of rotatable bonds is 5. The Kier molecular flexibility index (Phi) is 4.68. The molecule has 0 saturated carbocycles. The van der Waals surface area contributed by atoms with Gasteiger partial charge in [-0.15, -0.1) is 0 Å². The second-order valence-electron chi connectivity index (χ2n) is 4.70. The van der Waals surface area contributed by atoms with Crippen molar-refractivity contribution in [3.63, 3.8) is 0 Å². The molecule has 2 aromatic rings. The molecular formula is C15H19ClN2O2. The second-order valence-corrected chi connectivity index (χ2v) is 5.08. The summed E-state index contributed by atoms with van der Waals surface area (Å²) in [6.45, 7) is 6.73. The molecule has 1 heterocycles. The number of nitrogens with zero attached hydrogens (tertiary/aromatic N) is 2. The Labute approximate surface area is 123 Å². The number of benzene rings is 1. The van der Waals surface area contributed by atoms with E-state index in [1.165, 1.54) is 0 Å². The monoisotopic (exact) mass is 294 g/mol. The van der Waals surface area contributed by atoms with Gasteiger partial charge in [-0.25, -0.2) is 0 Å². The SMILES string of the molecule is CCn1nc(C)c(Cl)c1COc1cccc(C(C)O)c1. The number of aryl methyl sites for hydroxylation is 2. The number of aromatic nitrogens is 2. The van der Waals surface area contributed by atoms with Gasteiger partial charge in [-0.3, -0.25) is 4.68 Å². The molecule has 0 radical (unpaired) electrons. The van der Waals surface area contributed by atoms with Crippen LogP contribution in [0.25, 0.3) is 0 Å². The quantitative estimate of drug-likeness (QED) is 0.918. The summed E-state index contributed by atoms with van der Waals surface area (Å²) >= 11 is 6.24. The number of aliphatic hydroxyl groups is 1. The van der Waals surface area contributed by atoms with E-state index in [4.69, 9.17) is 16.3 Å². The van der Waals surface area contributed by atoms with Crippen molar-refractivity contribution in [2.24, 2.45) is 0 Å². The molecule has 1 aromatic heterocycles. The molecule has 2 rings (SSSR count). The van der Waals surface area contributed by atoms with Crippen molar-refractivity contribution in [3.05, 3.63) is 46.2 Å². The maximum Gasteiger partial charge on any atom is 0.131 e. The van der Waals surface area contributed by atoms with Crippen LogP contribution in [0.4, 0.5) is 0 Å². The Morgan fingerprint density at radius 3 is 2.85 bits per heavy atom. The Hall–Kier alpha value is -1.52. The van der Waals surface area contributed by atoms with E-state index in [-0.39, 0.29) is 0 Å². The van der Waals surface area contributed by atoms with Gasteiger partial charge < -0.3 is 9.84 Å². The fourth-order valence-electron chi connectivity index (χ4n) is 2.02. The lowest BCUT2D eigenvalue weighted by atomic mass is 10.1. The first kappa shape index (κ1) is 14.9. The molecule has 108 valence electrons. The average Bonchev–Trinajstić information content (AvgIpc) is 2.72.